The first-order chi connectivity index (χ1) is 11.1. The molecule has 2 aliphatic heterocycles. The lowest BCUT2D eigenvalue weighted by Gasteiger charge is -2.43. The van der Waals surface area contributed by atoms with E-state index in [1.54, 1.807) is 7.11 Å². The van der Waals surface area contributed by atoms with Crippen LogP contribution in [0.5, 0.6) is 5.75 Å². The molecule has 1 N–H and O–H groups in total. The number of ether oxygens (including phenoxy) is 1. The summed E-state index contributed by atoms with van der Waals surface area (Å²) in [4.78, 5) is 4.61. The van der Waals surface area contributed by atoms with Crippen LogP contribution in [0.15, 0.2) is 18.2 Å². The van der Waals surface area contributed by atoms with Crippen LogP contribution in [0, 0.1) is 5.92 Å². The van der Waals surface area contributed by atoms with E-state index < -0.39 is 0 Å². The molecule has 5 heteroatoms. The zero-order valence-electron chi connectivity index (χ0n) is 14.3. The maximum Gasteiger partial charge on any atom is 0.168 e. The molecule has 4 nitrogen and oxygen atoms in total. The Morgan fingerprint density at radius 3 is 2.96 bits per heavy atom. The van der Waals surface area contributed by atoms with Gasteiger partial charge in [-0.3, -0.25) is 4.90 Å². The Labute approximate surface area is 144 Å². The number of hydrogen-bond acceptors (Lipinski definition) is 3. The monoisotopic (exact) mass is 333 g/mol. The van der Waals surface area contributed by atoms with Crippen LogP contribution in [-0.2, 0) is 6.42 Å². The Morgan fingerprint density at radius 2 is 2.22 bits per heavy atom. The van der Waals surface area contributed by atoms with E-state index in [1.165, 1.54) is 37.1 Å². The fourth-order valence-corrected chi connectivity index (χ4v) is 3.85. The minimum absolute atomic E-state index is 0.554. The average Bonchev–Trinajstić information content (AvgIpc) is 2.58. The molecule has 0 amide bonds. The van der Waals surface area contributed by atoms with Crippen molar-refractivity contribution >= 4 is 17.3 Å². The normalized spacial score (nSPS) is 23.6. The van der Waals surface area contributed by atoms with E-state index >= 15 is 0 Å². The minimum atomic E-state index is 0.554. The van der Waals surface area contributed by atoms with Crippen LogP contribution in [0.2, 0.25) is 0 Å². The van der Waals surface area contributed by atoms with E-state index in [0.717, 1.165) is 23.8 Å². The predicted molar refractivity (Wildman–Crippen MR) is 98.0 cm³/mol. The second-order valence-corrected chi connectivity index (χ2v) is 7.22. The van der Waals surface area contributed by atoms with Gasteiger partial charge in [0.15, 0.2) is 5.11 Å². The zero-order chi connectivity index (χ0) is 16.4. The molecular formula is C18H27N3OS. The average molecular weight is 334 g/mol. The summed E-state index contributed by atoms with van der Waals surface area (Å²) in [7, 11) is 5.72. The molecule has 0 aliphatic carbocycles. The lowest BCUT2D eigenvalue weighted by molar-refractivity contribution is 0.104. The molecule has 0 bridgehead atoms. The predicted octanol–water partition coefficient (Wildman–Crippen LogP) is 2.44. The van der Waals surface area contributed by atoms with Crippen molar-refractivity contribution in [2.75, 3.05) is 40.8 Å². The van der Waals surface area contributed by atoms with E-state index in [4.69, 9.17) is 17.0 Å². The number of piperidine rings is 1. The number of thiocarbonyl (C=S) groups is 1. The highest BCUT2D eigenvalue weighted by Crippen LogP contribution is 2.39. The van der Waals surface area contributed by atoms with Crippen LogP contribution in [-0.4, -0.2) is 55.8 Å². The van der Waals surface area contributed by atoms with Gasteiger partial charge in [0.25, 0.3) is 0 Å². The topological polar surface area (TPSA) is 27.7 Å². The fraction of sp³-hybridized carbons (Fsp3) is 0.611. The van der Waals surface area contributed by atoms with Crippen LogP contribution < -0.4 is 10.1 Å². The summed E-state index contributed by atoms with van der Waals surface area (Å²) in [5, 5.41) is 4.24. The maximum absolute atomic E-state index is 5.38. The Kier molecular flexibility index (Phi) is 5.07. The standard InChI is InChI=1S/C18H27N3OS/c1-20(2)18(23)19-12-13-6-8-21-9-7-14-11-15(22-3)4-5-16(14)17(21)10-13/h4-5,11,13,17H,6-10,12H2,1-3H3,(H,19,23). The Morgan fingerprint density at radius 1 is 1.39 bits per heavy atom. The number of benzene rings is 1. The van der Waals surface area contributed by atoms with Gasteiger partial charge in [-0.15, -0.1) is 0 Å². The van der Waals surface area contributed by atoms with Crippen molar-refractivity contribution < 1.29 is 4.74 Å². The largest absolute Gasteiger partial charge is 0.497 e. The van der Waals surface area contributed by atoms with Crippen molar-refractivity contribution in [1.82, 2.24) is 15.1 Å². The third kappa shape index (κ3) is 3.61. The molecule has 23 heavy (non-hydrogen) atoms. The molecule has 2 unspecified atom stereocenters. The SMILES string of the molecule is COc1ccc2c(c1)CCN1CCC(CNC(=S)N(C)C)CC21. The molecule has 1 saturated heterocycles. The van der Waals surface area contributed by atoms with Gasteiger partial charge < -0.3 is 15.0 Å². The molecule has 3 rings (SSSR count). The van der Waals surface area contributed by atoms with Gasteiger partial charge in [-0.2, -0.15) is 0 Å². The highest BCUT2D eigenvalue weighted by atomic mass is 32.1. The number of nitrogens with one attached hydrogen (secondary N) is 1. The van der Waals surface area contributed by atoms with Crippen molar-refractivity contribution in [3.8, 4) is 5.75 Å². The van der Waals surface area contributed by atoms with E-state index in [1.807, 2.05) is 19.0 Å². The van der Waals surface area contributed by atoms with E-state index in [0.29, 0.717) is 12.0 Å². The third-order valence-electron chi connectivity index (χ3n) is 5.15. The molecular weight excluding hydrogens is 306 g/mol. The molecule has 1 aromatic rings. The number of rotatable bonds is 3. The summed E-state index contributed by atoms with van der Waals surface area (Å²) < 4.78 is 5.38. The molecule has 1 fully saturated rings. The first-order valence-electron chi connectivity index (χ1n) is 8.44. The number of nitrogens with zero attached hydrogens (tertiary/aromatic N) is 2. The van der Waals surface area contributed by atoms with Gasteiger partial charge >= 0.3 is 0 Å². The van der Waals surface area contributed by atoms with Gasteiger partial charge in [0.1, 0.15) is 5.75 Å². The number of hydrogen-bond donors (Lipinski definition) is 1. The van der Waals surface area contributed by atoms with Crippen LogP contribution >= 0.6 is 12.2 Å². The van der Waals surface area contributed by atoms with Gasteiger partial charge in [0.05, 0.1) is 7.11 Å². The molecule has 1 aromatic carbocycles. The van der Waals surface area contributed by atoms with Crippen LogP contribution in [0.3, 0.4) is 0 Å². The van der Waals surface area contributed by atoms with Crippen molar-refractivity contribution in [1.29, 1.82) is 0 Å². The fourth-order valence-electron chi connectivity index (χ4n) is 3.77. The van der Waals surface area contributed by atoms with Gasteiger partial charge in [-0.05, 0) is 67.2 Å². The van der Waals surface area contributed by atoms with Crippen molar-refractivity contribution in [3.05, 3.63) is 29.3 Å². The molecule has 2 aliphatic rings. The first kappa shape index (κ1) is 16.5. The maximum atomic E-state index is 5.38. The van der Waals surface area contributed by atoms with Gasteiger partial charge in [0.2, 0.25) is 0 Å². The third-order valence-corrected chi connectivity index (χ3v) is 5.66. The highest BCUT2D eigenvalue weighted by molar-refractivity contribution is 7.80. The minimum Gasteiger partial charge on any atom is -0.497 e. The second kappa shape index (κ2) is 7.05. The van der Waals surface area contributed by atoms with Gasteiger partial charge in [-0.1, -0.05) is 6.07 Å². The lowest BCUT2D eigenvalue weighted by atomic mass is 9.82. The summed E-state index contributed by atoms with van der Waals surface area (Å²) in [6, 6.07) is 7.14. The Hall–Kier alpha value is -1.33. The molecule has 0 spiro atoms. The molecule has 2 atom stereocenters. The second-order valence-electron chi connectivity index (χ2n) is 6.84. The molecule has 2 heterocycles. The smallest absolute Gasteiger partial charge is 0.168 e. The molecule has 0 aromatic heterocycles. The molecule has 0 saturated carbocycles. The lowest BCUT2D eigenvalue weighted by Crippen LogP contribution is -2.44. The first-order valence-corrected chi connectivity index (χ1v) is 8.85. The van der Waals surface area contributed by atoms with Gasteiger partial charge in [0, 0.05) is 33.2 Å². The summed E-state index contributed by atoms with van der Waals surface area (Å²) >= 11 is 5.34. The molecule has 0 radical (unpaired) electrons. The van der Waals surface area contributed by atoms with Gasteiger partial charge in [-0.25, -0.2) is 0 Å². The van der Waals surface area contributed by atoms with Crippen molar-refractivity contribution in [2.45, 2.75) is 25.3 Å². The Bertz CT molecular complexity index is 575. The number of fused-ring (bicyclic) bond motifs is 3. The van der Waals surface area contributed by atoms with E-state index in [9.17, 15) is 0 Å². The van der Waals surface area contributed by atoms with Crippen LogP contribution in [0.4, 0.5) is 0 Å². The quantitative estimate of drug-likeness (QED) is 0.858. The van der Waals surface area contributed by atoms with E-state index in [-0.39, 0.29) is 0 Å². The summed E-state index contributed by atoms with van der Waals surface area (Å²) in [5.41, 5.74) is 2.96. The number of methoxy groups -OCH3 is 1. The Balaban J connectivity index is 1.68. The zero-order valence-corrected chi connectivity index (χ0v) is 15.2. The van der Waals surface area contributed by atoms with Crippen molar-refractivity contribution in [2.24, 2.45) is 5.92 Å². The summed E-state index contributed by atoms with van der Waals surface area (Å²) in [6.07, 6.45) is 3.60. The molecule has 126 valence electrons. The van der Waals surface area contributed by atoms with E-state index in [2.05, 4.69) is 28.4 Å². The summed E-state index contributed by atoms with van der Waals surface area (Å²) in [5.74, 6) is 1.66. The van der Waals surface area contributed by atoms with Crippen LogP contribution in [0.1, 0.15) is 30.0 Å². The van der Waals surface area contributed by atoms with Crippen LogP contribution in [0.25, 0.3) is 0 Å². The highest BCUT2D eigenvalue weighted by Gasteiger charge is 2.33. The summed E-state index contributed by atoms with van der Waals surface area (Å²) in [6.45, 7) is 3.34. The van der Waals surface area contributed by atoms with Crippen molar-refractivity contribution in [3.63, 3.8) is 0 Å².